The van der Waals surface area contributed by atoms with Crippen molar-refractivity contribution in [1.29, 1.82) is 0 Å². The van der Waals surface area contributed by atoms with E-state index in [9.17, 15) is 4.79 Å². The Labute approximate surface area is 76.2 Å². The molecule has 0 aliphatic carbocycles. The third-order valence-electron chi connectivity index (χ3n) is 2.51. The highest BCUT2D eigenvalue weighted by Crippen LogP contribution is 2.28. The monoisotopic (exact) mass is 180 g/mol. The molecule has 0 bridgehead atoms. The van der Waals surface area contributed by atoms with Gasteiger partial charge in [0.2, 0.25) is 0 Å². The van der Waals surface area contributed by atoms with Crippen molar-refractivity contribution in [3.05, 3.63) is 18.0 Å². The van der Waals surface area contributed by atoms with Gasteiger partial charge in [0, 0.05) is 24.4 Å². The minimum Gasteiger partial charge on any atom is -0.481 e. The average Bonchev–Trinajstić information content (AvgIpc) is 2.51. The summed E-state index contributed by atoms with van der Waals surface area (Å²) < 4.78 is 1.91. The van der Waals surface area contributed by atoms with Crippen LogP contribution >= 0.6 is 0 Å². The number of nitrogens with zero attached hydrogens (tertiary/aromatic N) is 2. The van der Waals surface area contributed by atoms with Crippen LogP contribution in [-0.2, 0) is 11.3 Å². The van der Waals surface area contributed by atoms with E-state index in [4.69, 9.17) is 5.11 Å². The van der Waals surface area contributed by atoms with E-state index in [1.165, 1.54) is 0 Å². The topological polar surface area (TPSA) is 55.1 Å². The molecule has 2 rings (SSSR count). The fourth-order valence-electron chi connectivity index (χ4n) is 1.93. The molecule has 4 heteroatoms. The summed E-state index contributed by atoms with van der Waals surface area (Å²) >= 11 is 0. The number of hydrogen-bond donors (Lipinski definition) is 1. The summed E-state index contributed by atoms with van der Waals surface area (Å²) in [7, 11) is 0. The Bertz CT molecular complexity index is 319. The molecule has 70 valence electrons. The smallest absolute Gasteiger partial charge is 0.304 e. The number of aromatic nitrogens is 2. The Hall–Kier alpha value is -1.32. The van der Waals surface area contributed by atoms with Crippen molar-refractivity contribution in [3.63, 3.8) is 0 Å². The lowest BCUT2D eigenvalue weighted by molar-refractivity contribution is -0.137. The molecule has 0 radical (unpaired) electrons. The van der Waals surface area contributed by atoms with E-state index >= 15 is 0 Å². The maximum Gasteiger partial charge on any atom is 0.304 e. The van der Waals surface area contributed by atoms with Gasteiger partial charge in [-0.3, -0.25) is 9.48 Å². The van der Waals surface area contributed by atoms with E-state index in [0.717, 1.165) is 25.1 Å². The molecule has 0 fully saturated rings. The lowest BCUT2D eigenvalue weighted by Crippen LogP contribution is -2.18. The molecule has 4 nitrogen and oxygen atoms in total. The molecule has 2 heterocycles. The van der Waals surface area contributed by atoms with Crippen molar-refractivity contribution < 1.29 is 9.90 Å². The zero-order valence-corrected chi connectivity index (χ0v) is 7.31. The van der Waals surface area contributed by atoms with Crippen LogP contribution in [0.5, 0.6) is 0 Å². The molecular formula is C9H12N2O2. The Morgan fingerprint density at radius 2 is 2.62 bits per heavy atom. The molecule has 1 aliphatic rings. The largest absolute Gasteiger partial charge is 0.481 e. The molecule has 0 aromatic carbocycles. The minimum atomic E-state index is -0.723. The molecule has 0 saturated heterocycles. The second-order valence-electron chi connectivity index (χ2n) is 3.42. The fraction of sp³-hybridized carbons (Fsp3) is 0.556. The molecule has 13 heavy (non-hydrogen) atoms. The van der Waals surface area contributed by atoms with Gasteiger partial charge in [0.05, 0.1) is 6.42 Å². The highest BCUT2D eigenvalue weighted by Gasteiger charge is 2.22. The standard InChI is InChI=1S/C9H12N2O2/c12-9(13)6-7-2-1-5-11-8(7)3-4-10-11/h3-4,7H,1-2,5-6H2,(H,12,13). The van der Waals surface area contributed by atoms with Crippen LogP contribution in [0.3, 0.4) is 0 Å². The predicted molar refractivity (Wildman–Crippen MR) is 46.5 cm³/mol. The van der Waals surface area contributed by atoms with Crippen LogP contribution in [0.1, 0.15) is 30.9 Å². The quantitative estimate of drug-likeness (QED) is 0.744. The van der Waals surface area contributed by atoms with Gasteiger partial charge >= 0.3 is 5.97 Å². The number of carboxylic acids is 1. The maximum absolute atomic E-state index is 10.6. The zero-order valence-electron chi connectivity index (χ0n) is 7.31. The van der Waals surface area contributed by atoms with Crippen LogP contribution in [0.15, 0.2) is 12.3 Å². The second-order valence-corrected chi connectivity index (χ2v) is 3.42. The lowest BCUT2D eigenvalue weighted by Gasteiger charge is -2.21. The molecule has 1 N–H and O–H groups in total. The summed E-state index contributed by atoms with van der Waals surface area (Å²) in [6, 6.07) is 1.92. The van der Waals surface area contributed by atoms with Gasteiger partial charge in [-0.05, 0) is 18.9 Å². The van der Waals surface area contributed by atoms with E-state index in [1.807, 2.05) is 10.7 Å². The molecular weight excluding hydrogens is 168 g/mol. The normalized spacial score (nSPS) is 21.1. The van der Waals surface area contributed by atoms with Gasteiger partial charge in [0.1, 0.15) is 0 Å². The van der Waals surface area contributed by atoms with Gasteiger partial charge in [-0.15, -0.1) is 0 Å². The molecule has 1 aromatic rings. The Balaban J connectivity index is 2.20. The molecule has 1 atom stereocenters. The van der Waals surface area contributed by atoms with Crippen molar-refractivity contribution >= 4 is 5.97 Å². The number of aliphatic carboxylic acids is 1. The fourth-order valence-corrected chi connectivity index (χ4v) is 1.93. The van der Waals surface area contributed by atoms with Crippen molar-refractivity contribution in [1.82, 2.24) is 9.78 Å². The molecule has 0 spiro atoms. The summed E-state index contributed by atoms with van der Waals surface area (Å²) in [6.45, 7) is 0.929. The molecule has 1 unspecified atom stereocenters. The predicted octanol–water partition coefficient (Wildman–Crippen LogP) is 1.24. The van der Waals surface area contributed by atoms with Crippen LogP contribution < -0.4 is 0 Å². The van der Waals surface area contributed by atoms with E-state index in [2.05, 4.69) is 5.10 Å². The van der Waals surface area contributed by atoms with Gasteiger partial charge in [-0.1, -0.05) is 0 Å². The number of carbonyl (C=O) groups is 1. The first kappa shape index (κ1) is 8.29. The number of hydrogen-bond acceptors (Lipinski definition) is 2. The maximum atomic E-state index is 10.6. The van der Waals surface area contributed by atoms with Gasteiger partial charge in [0.15, 0.2) is 0 Å². The van der Waals surface area contributed by atoms with Gasteiger partial charge < -0.3 is 5.11 Å². The van der Waals surface area contributed by atoms with Crippen LogP contribution in [0.2, 0.25) is 0 Å². The molecule has 1 aliphatic heterocycles. The third kappa shape index (κ3) is 1.56. The first-order valence-corrected chi connectivity index (χ1v) is 4.51. The van der Waals surface area contributed by atoms with E-state index in [0.29, 0.717) is 0 Å². The summed E-state index contributed by atoms with van der Waals surface area (Å²) in [5, 5.41) is 12.8. The highest BCUT2D eigenvalue weighted by molar-refractivity contribution is 5.67. The summed E-state index contributed by atoms with van der Waals surface area (Å²) in [4.78, 5) is 10.6. The number of aryl methyl sites for hydroxylation is 1. The zero-order chi connectivity index (χ0) is 9.26. The van der Waals surface area contributed by atoms with E-state index < -0.39 is 5.97 Å². The molecule has 0 amide bonds. The summed E-state index contributed by atoms with van der Waals surface area (Å²) in [5.74, 6) is -0.562. The Morgan fingerprint density at radius 1 is 1.77 bits per heavy atom. The SMILES string of the molecule is O=C(O)CC1CCCn2nccc21. The van der Waals surface area contributed by atoms with Gasteiger partial charge in [0.25, 0.3) is 0 Å². The van der Waals surface area contributed by atoms with Gasteiger partial charge in [-0.25, -0.2) is 0 Å². The van der Waals surface area contributed by atoms with Crippen LogP contribution in [0.4, 0.5) is 0 Å². The lowest BCUT2D eigenvalue weighted by atomic mass is 9.93. The van der Waals surface area contributed by atoms with Gasteiger partial charge in [-0.2, -0.15) is 5.10 Å². The third-order valence-corrected chi connectivity index (χ3v) is 2.51. The number of rotatable bonds is 2. The highest BCUT2D eigenvalue weighted by atomic mass is 16.4. The van der Waals surface area contributed by atoms with Crippen molar-refractivity contribution in [2.75, 3.05) is 0 Å². The van der Waals surface area contributed by atoms with Crippen LogP contribution in [0, 0.1) is 0 Å². The Kier molecular flexibility index (Phi) is 2.04. The van der Waals surface area contributed by atoms with Crippen molar-refractivity contribution in [2.45, 2.75) is 31.7 Å². The Morgan fingerprint density at radius 3 is 3.38 bits per heavy atom. The second kappa shape index (κ2) is 3.20. The number of carboxylic acid groups (broad SMARTS) is 1. The van der Waals surface area contributed by atoms with Crippen LogP contribution in [-0.4, -0.2) is 20.9 Å². The number of fused-ring (bicyclic) bond motifs is 1. The first-order chi connectivity index (χ1) is 6.27. The van der Waals surface area contributed by atoms with Crippen molar-refractivity contribution in [3.8, 4) is 0 Å². The van der Waals surface area contributed by atoms with Crippen LogP contribution in [0.25, 0.3) is 0 Å². The van der Waals surface area contributed by atoms with Crippen molar-refractivity contribution in [2.24, 2.45) is 0 Å². The average molecular weight is 180 g/mol. The summed E-state index contributed by atoms with van der Waals surface area (Å²) in [6.07, 6.45) is 3.98. The van der Waals surface area contributed by atoms with E-state index in [-0.39, 0.29) is 12.3 Å². The minimum absolute atomic E-state index is 0.161. The van der Waals surface area contributed by atoms with E-state index in [1.54, 1.807) is 6.20 Å². The molecule has 1 aromatic heterocycles. The first-order valence-electron chi connectivity index (χ1n) is 4.51. The molecule has 0 saturated carbocycles. The summed E-state index contributed by atoms with van der Waals surface area (Å²) in [5.41, 5.74) is 1.08.